The van der Waals surface area contributed by atoms with E-state index in [1.165, 1.54) is 54.7 Å². The number of para-hydroxylation sites is 2. The van der Waals surface area contributed by atoms with Crippen LogP contribution in [-0.2, 0) is 10.8 Å². The molecule has 8 aromatic carbocycles. The van der Waals surface area contributed by atoms with Crippen molar-refractivity contribution >= 4 is 55.0 Å². The van der Waals surface area contributed by atoms with Crippen molar-refractivity contribution in [2.24, 2.45) is 9.98 Å². The van der Waals surface area contributed by atoms with Crippen molar-refractivity contribution in [2.75, 3.05) is 0 Å². The molecular formula is C60H52N4. The Bertz CT molecular complexity index is 3490. The van der Waals surface area contributed by atoms with Crippen LogP contribution >= 0.6 is 0 Å². The molecule has 1 atom stereocenters. The van der Waals surface area contributed by atoms with Gasteiger partial charge in [-0.1, -0.05) is 163 Å². The van der Waals surface area contributed by atoms with Gasteiger partial charge in [0, 0.05) is 44.9 Å². The molecule has 0 saturated heterocycles. The summed E-state index contributed by atoms with van der Waals surface area (Å²) in [6, 6.07) is 68.8. The fourth-order valence-electron chi connectivity index (χ4n) is 9.67. The van der Waals surface area contributed by atoms with Gasteiger partial charge in [0.15, 0.2) is 6.17 Å². The molecule has 0 bridgehead atoms. The number of fused-ring (bicyclic) bond motifs is 6. The summed E-state index contributed by atoms with van der Waals surface area (Å²) in [6.45, 7) is 13.7. The Hall–Kier alpha value is -7.30. The highest BCUT2D eigenvalue weighted by Crippen LogP contribution is 2.39. The lowest BCUT2D eigenvalue weighted by atomic mass is 9.86. The predicted molar refractivity (Wildman–Crippen MR) is 271 cm³/mol. The van der Waals surface area contributed by atoms with Crippen molar-refractivity contribution in [1.82, 2.24) is 9.13 Å². The van der Waals surface area contributed by atoms with E-state index in [0.29, 0.717) is 6.42 Å². The molecule has 0 N–H and O–H groups in total. The molecule has 1 aliphatic rings. The number of benzene rings is 8. The van der Waals surface area contributed by atoms with E-state index in [1.54, 1.807) is 0 Å². The molecule has 1 aliphatic heterocycles. The zero-order valence-corrected chi connectivity index (χ0v) is 37.5. The Labute approximate surface area is 375 Å². The number of hydrogen-bond donors (Lipinski definition) is 0. The van der Waals surface area contributed by atoms with Crippen molar-refractivity contribution in [3.8, 4) is 22.5 Å². The van der Waals surface area contributed by atoms with Crippen molar-refractivity contribution in [3.05, 3.63) is 216 Å². The second-order valence-electron chi connectivity index (χ2n) is 19.5. The highest BCUT2D eigenvalue weighted by molar-refractivity contribution is 6.19. The zero-order chi connectivity index (χ0) is 43.7. The molecule has 0 aliphatic carbocycles. The highest BCUT2D eigenvalue weighted by atomic mass is 15.0. The summed E-state index contributed by atoms with van der Waals surface area (Å²) in [5.41, 5.74) is 17.5. The maximum atomic E-state index is 5.49. The summed E-state index contributed by atoms with van der Waals surface area (Å²) in [5, 5.41) is 5.08. The first-order valence-corrected chi connectivity index (χ1v) is 22.6. The summed E-state index contributed by atoms with van der Waals surface area (Å²) >= 11 is 0. The van der Waals surface area contributed by atoms with Gasteiger partial charge in [-0.05, 0) is 111 Å². The quantitative estimate of drug-likeness (QED) is 0.160. The number of aromatic nitrogens is 2. The minimum Gasteiger partial charge on any atom is -0.309 e. The standard InChI is InChI=1S/C60H52N4/c1-59(2,3)44-29-31-56-50(36-44)48-25-10-12-27-54(48)63(56)46-23-15-20-41(34-46)40-19-14-21-42(33-40)53-38-52(39-17-8-7-9-18-39)61-58(62-53)43-22-16-24-47(35-43)64-55-28-13-11-26-49(55)51-37-45(60(4,5)6)30-32-57(51)64/h7-37,58H,38H2,1-6H3. The summed E-state index contributed by atoms with van der Waals surface area (Å²) in [4.78, 5) is 10.9. The maximum Gasteiger partial charge on any atom is 0.165 e. The van der Waals surface area contributed by atoms with Gasteiger partial charge in [-0.25, -0.2) is 0 Å². The molecule has 0 amide bonds. The van der Waals surface area contributed by atoms with E-state index >= 15 is 0 Å². The topological polar surface area (TPSA) is 34.6 Å². The van der Waals surface area contributed by atoms with Crippen molar-refractivity contribution in [1.29, 1.82) is 0 Å². The number of hydrogen-bond acceptors (Lipinski definition) is 2. The van der Waals surface area contributed by atoms with E-state index < -0.39 is 6.17 Å². The van der Waals surface area contributed by atoms with Crippen LogP contribution in [0, 0.1) is 0 Å². The highest BCUT2D eigenvalue weighted by Gasteiger charge is 2.24. The molecule has 10 aromatic rings. The lowest BCUT2D eigenvalue weighted by molar-refractivity contribution is 0.591. The third-order valence-electron chi connectivity index (χ3n) is 13.1. The molecule has 3 heterocycles. The molecule has 0 saturated carbocycles. The van der Waals surface area contributed by atoms with Crippen LogP contribution < -0.4 is 0 Å². The lowest BCUT2D eigenvalue weighted by Crippen LogP contribution is -2.18. The molecule has 0 radical (unpaired) electrons. The van der Waals surface area contributed by atoms with E-state index in [0.717, 1.165) is 50.6 Å². The average Bonchev–Trinajstić information content (AvgIpc) is 3.84. The number of rotatable bonds is 6. The maximum absolute atomic E-state index is 5.49. The van der Waals surface area contributed by atoms with Crippen LogP contribution in [0.2, 0.25) is 0 Å². The molecule has 0 spiro atoms. The van der Waals surface area contributed by atoms with Crippen LogP contribution in [0.1, 0.15) is 81.9 Å². The van der Waals surface area contributed by atoms with Gasteiger partial charge in [-0.3, -0.25) is 9.98 Å². The first-order valence-electron chi connectivity index (χ1n) is 22.6. The van der Waals surface area contributed by atoms with E-state index in [9.17, 15) is 0 Å². The minimum absolute atomic E-state index is 0.0521. The zero-order valence-electron chi connectivity index (χ0n) is 37.5. The fourth-order valence-corrected chi connectivity index (χ4v) is 9.67. The van der Waals surface area contributed by atoms with Gasteiger partial charge >= 0.3 is 0 Å². The third-order valence-corrected chi connectivity index (χ3v) is 13.1. The molecule has 64 heavy (non-hydrogen) atoms. The van der Waals surface area contributed by atoms with Crippen LogP contribution in [0.5, 0.6) is 0 Å². The van der Waals surface area contributed by atoms with Gasteiger partial charge in [0.25, 0.3) is 0 Å². The van der Waals surface area contributed by atoms with E-state index in [2.05, 4.69) is 239 Å². The molecule has 4 nitrogen and oxygen atoms in total. The molecule has 11 rings (SSSR count). The van der Waals surface area contributed by atoms with Gasteiger partial charge in [0.05, 0.1) is 33.5 Å². The van der Waals surface area contributed by atoms with Gasteiger partial charge in [-0.2, -0.15) is 0 Å². The van der Waals surface area contributed by atoms with Crippen LogP contribution in [0.25, 0.3) is 66.1 Å². The Morgan fingerprint density at radius 1 is 0.375 bits per heavy atom. The third kappa shape index (κ3) is 6.95. The molecule has 312 valence electrons. The molecule has 1 unspecified atom stereocenters. The number of nitrogens with zero attached hydrogens (tertiary/aromatic N) is 4. The summed E-state index contributed by atoms with van der Waals surface area (Å²) in [5.74, 6) is 0. The fraction of sp³-hybridized carbons (Fsp3) is 0.167. The average molecular weight is 829 g/mol. The van der Waals surface area contributed by atoms with Gasteiger partial charge in [0.2, 0.25) is 0 Å². The van der Waals surface area contributed by atoms with Gasteiger partial charge in [-0.15, -0.1) is 0 Å². The lowest BCUT2D eigenvalue weighted by Gasteiger charge is -2.22. The summed E-state index contributed by atoms with van der Waals surface area (Å²) in [6.07, 6.45) is 0.241. The van der Waals surface area contributed by atoms with Crippen LogP contribution in [0.4, 0.5) is 0 Å². The minimum atomic E-state index is -0.402. The van der Waals surface area contributed by atoms with Crippen molar-refractivity contribution < 1.29 is 0 Å². The Balaban J connectivity index is 0.994. The Morgan fingerprint density at radius 3 is 1.42 bits per heavy atom. The monoisotopic (exact) mass is 828 g/mol. The molecular weight excluding hydrogens is 777 g/mol. The first kappa shape index (κ1) is 39.5. The molecule has 0 fully saturated rings. The molecule has 2 aromatic heterocycles. The van der Waals surface area contributed by atoms with E-state index in [1.807, 2.05) is 0 Å². The Kier molecular flexibility index (Phi) is 9.39. The van der Waals surface area contributed by atoms with Crippen LogP contribution in [-0.4, -0.2) is 20.6 Å². The molecule has 4 heteroatoms. The normalized spacial score (nSPS) is 14.7. The van der Waals surface area contributed by atoms with Gasteiger partial charge < -0.3 is 9.13 Å². The summed E-state index contributed by atoms with van der Waals surface area (Å²) in [7, 11) is 0. The van der Waals surface area contributed by atoms with E-state index in [-0.39, 0.29) is 10.8 Å². The first-order chi connectivity index (χ1) is 31.0. The van der Waals surface area contributed by atoms with Crippen LogP contribution in [0.15, 0.2) is 198 Å². The van der Waals surface area contributed by atoms with Gasteiger partial charge in [0.1, 0.15) is 0 Å². The van der Waals surface area contributed by atoms with Crippen molar-refractivity contribution in [3.63, 3.8) is 0 Å². The SMILES string of the molecule is CC(C)(C)c1ccc2c(c1)c1ccccc1n2-c1cccc(-c2cccc(C3=NC(c4cccc(-n5c6ccccc6c6cc(C(C)(C)C)ccc65)c4)N=C(c4ccccc4)C3)c2)c1. The van der Waals surface area contributed by atoms with Crippen LogP contribution in [0.3, 0.4) is 0 Å². The van der Waals surface area contributed by atoms with Crippen molar-refractivity contribution in [2.45, 2.75) is 65.0 Å². The summed E-state index contributed by atoms with van der Waals surface area (Å²) < 4.78 is 4.81. The largest absolute Gasteiger partial charge is 0.309 e. The smallest absolute Gasteiger partial charge is 0.165 e. The predicted octanol–water partition coefficient (Wildman–Crippen LogP) is 15.5. The van der Waals surface area contributed by atoms with E-state index in [4.69, 9.17) is 9.98 Å². The second-order valence-corrected chi connectivity index (χ2v) is 19.5. The second kappa shape index (κ2) is 15.2. The Morgan fingerprint density at radius 2 is 0.828 bits per heavy atom. The number of aliphatic imine (C=N–C) groups is 2.